The van der Waals surface area contributed by atoms with Crippen LogP contribution in [0, 0.1) is 0 Å². The van der Waals surface area contributed by atoms with E-state index >= 15 is 0 Å². The number of carbonyl (C=O) groups is 1. The van der Waals surface area contributed by atoms with Gasteiger partial charge in [0.2, 0.25) is 5.91 Å². The molecule has 2 aromatic carbocycles. The summed E-state index contributed by atoms with van der Waals surface area (Å²) in [7, 11) is 0. The Labute approximate surface area is 144 Å². The van der Waals surface area contributed by atoms with Crippen molar-refractivity contribution in [1.82, 2.24) is 10.3 Å². The maximum Gasteiger partial charge on any atom is 0.244 e. The van der Waals surface area contributed by atoms with Crippen LogP contribution in [0.3, 0.4) is 0 Å². The Bertz CT molecular complexity index is 810. The summed E-state index contributed by atoms with van der Waals surface area (Å²) in [5, 5.41) is 13.5. The zero-order chi connectivity index (χ0) is 16.8. The summed E-state index contributed by atoms with van der Waals surface area (Å²) in [4.78, 5) is 16.3. The number of rotatable bonds is 6. The van der Waals surface area contributed by atoms with Crippen LogP contribution in [-0.2, 0) is 11.2 Å². The molecule has 24 heavy (non-hydrogen) atoms. The molecule has 1 unspecified atom stereocenters. The molecule has 0 saturated carbocycles. The molecule has 1 atom stereocenters. The van der Waals surface area contributed by atoms with Crippen molar-refractivity contribution in [2.24, 2.45) is 0 Å². The zero-order valence-corrected chi connectivity index (χ0v) is 13.9. The number of nitrogens with one attached hydrogen (secondary N) is 1. The van der Waals surface area contributed by atoms with Crippen LogP contribution >= 0.6 is 11.3 Å². The molecule has 0 bridgehead atoms. The third kappa shape index (κ3) is 4.50. The van der Waals surface area contributed by atoms with E-state index in [9.17, 15) is 9.90 Å². The number of carbonyl (C=O) groups excluding carboxylic acids is 1. The van der Waals surface area contributed by atoms with Crippen LogP contribution in [0.15, 0.2) is 60.7 Å². The topological polar surface area (TPSA) is 62.2 Å². The van der Waals surface area contributed by atoms with Crippen molar-refractivity contribution in [3.63, 3.8) is 0 Å². The number of aliphatic hydroxyl groups excluding tert-OH is 1. The quantitative estimate of drug-likeness (QED) is 0.679. The number of amides is 1. The third-order valence-electron chi connectivity index (χ3n) is 3.51. The van der Waals surface area contributed by atoms with E-state index in [1.165, 1.54) is 17.4 Å². The number of hydrogen-bond donors (Lipinski definition) is 2. The molecule has 0 aliphatic heterocycles. The zero-order valence-electron chi connectivity index (χ0n) is 13.1. The fourth-order valence-electron chi connectivity index (χ4n) is 2.34. The van der Waals surface area contributed by atoms with Crippen molar-refractivity contribution in [3.8, 4) is 0 Å². The molecule has 4 nitrogen and oxygen atoms in total. The van der Waals surface area contributed by atoms with Crippen molar-refractivity contribution in [3.05, 3.63) is 71.2 Å². The molecule has 0 fully saturated rings. The van der Waals surface area contributed by atoms with Gasteiger partial charge in [-0.15, -0.1) is 11.3 Å². The van der Waals surface area contributed by atoms with Gasteiger partial charge in [-0.3, -0.25) is 4.79 Å². The van der Waals surface area contributed by atoms with Crippen molar-refractivity contribution >= 4 is 33.5 Å². The van der Waals surface area contributed by atoms with Gasteiger partial charge in [0.15, 0.2) is 0 Å². The van der Waals surface area contributed by atoms with Crippen LogP contribution in [0.5, 0.6) is 0 Å². The van der Waals surface area contributed by atoms with E-state index in [0.717, 1.165) is 20.8 Å². The molecule has 1 amide bonds. The standard InChI is InChI=1S/C19H18N2O2S/c22-15(12-14-6-2-1-3-7-14)13-20-18(23)10-11-19-21-16-8-4-5-9-17(16)24-19/h1-11,15,22H,12-13H2,(H,20,23)/b11-10+. The maximum atomic E-state index is 11.9. The van der Waals surface area contributed by atoms with Crippen LogP contribution in [0.2, 0.25) is 0 Å². The lowest BCUT2D eigenvalue weighted by Gasteiger charge is -2.10. The number of benzene rings is 2. The van der Waals surface area contributed by atoms with Crippen molar-refractivity contribution in [2.45, 2.75) is 12.5 Å². The molecule has 1 heterocycles. The van der Waals surface area contributed by atoms with Gasteiger partial charge in [-0.05, 0) is 23.8 Å². The number of nitrogens with zero attached hydrogens (tertiary/aromatic N) is 1. The number of thiazole rings is 1. The lowest BCUT2D eigenvalue weighted by molar-refractivity contribution is -0.116. The van der Waals surface area contributed by atoms with Gasteiger partial charge in [-0.1, -0.05) is 42.5 Å². The number of aliphatic hydroxyl groups is 1. The van der Waals surface area contributed by atoms with Crippen LogP contribution in [0.1, 0.15) is 10.6 Å². The summed E-state index contributed by atoms with van der Waals surface area (Å²) in [6.07, 6.45) is 3.06. The summed E-state index contributed by atoms with van der Waals surface area (Å²) < 4.78 is 1.09. The smallest absolute Gasteiger partial charge is 0.244 e. The van der Waals surface area contributed by atoms with E-state index in [1.54, 1.807) is 6.08 Å². The largest absolute Gasteiger partial charge is 0.391 e. The average Bonchev–Trinajstić information content (AvgIpc) is 3.02. The van der Waals surface area contributed by atoms with Crippen LogP contribution in [-0.4, -0.2) is 28.6 Å². The average molecular weight is 338 g/mol. The highest BCUT2D eigenvalue weighted by Gasteiger charge is 2.07. The predicted octanol–water partition coefficient (Wildman–Crippen LogP) is 3.03. The molecule has 2 N–H and O–H groups in total. The molecule has 0 aliphatic carbocycles. The molecule has 0 spiro atoms. The van der Waals surface area contributed by atoms with Crippen molar-refractivity contribution in [2.75, 3.05) is 6.54 Å². The summed E-state index contributed by atoms with van der Waals surface area (Å²) in [5.74, 6) is -0.235. The highest BCUT2D eigenvalue weighted by atomic mass is 32.1. The first kappa shape index (κ1) is 16.4. The van der Waals surface area contributed by atoms with E-state index in [1.807, 2.05) is 54.6 Å². The molecule has 3 rings (SSSR count). The molecular weight excluding hydrogens is 320 g/mol. The van der Waals surface area contributed by atoms with Crippen molar-refractivity contribution in [1.29, 1.82) is 0 Å². The minimum Gasteiger partial charge on any atom is -0.391 e. The van der Waals surface area contributed by atoms with Gasteiger partial charge in [0.1, 0.15) is 5.01 Å². The molecule has 0 aliphatic rings. The molecule has 122 valence electrons. The van der Waals surface area contributed by atoms with Gasteiger partial charge in [0.25, 0.3) is 0 Å². The van der Waals surface area contributed by atoms with Gasteiger partial charge >= 0.3 is 0 Å². The normalized spacial score (nSPS) is 12.5. The van der Waals surface area contributed by atoms with E-state index in [2.05, 4.69) is 10.3 Å². The number of fused-ring (bicyclic) bond motifs is 1. The van der Waals surface area contributed by atoms with Gasteiger partial charge in [0, 0.05) is 19.0 Å². The lowest BCUT2D eigenvalue weighted by atomic mass is 10.1. The van der Waals surface area contributed by atoms with Gasteiger partial charge < -0.3 is 10.4 Å². The van der Waals surface area contributed by atoms with Crippen LogP contribution in [0.25, 0.3) is 16.3 Å². The summed E-state index contributed by atoms with van der Waals surface area (Å²) in [6.45, 7) is 0.220. The van der Waals surface area contributed by atoms with Gasteiger partial charge in [-0.2, -0.15) is 0 Å². The van der Waals surface area contributed by atoms with Crippen LogP contribution < -0.4 is 5.32 Å². The fourth-order valence-corrected chi connectivity index (χ4v) is 3.21. The monoisotopic (exact) mass is 338 g/mol. The molecule has 0 radical (unpaired) electrons. The molecule has 3 aromatic rings. The minimum absolute atomic E-state index is 0.220. The fraction of sp³-hybridized carbons (Fsp3) is 0.158. The summed E-state index contributed by atoms with van der Waals surface area (Å²) in [5.41, 5.74) is 1.98. The molecule has 5 heteroatoms. The third-order valence-corrected chi connectivity index (χ3v) is 4.52. The first-order valence-electron chi connectivity index (χ1n) is 7.74. The predicted molar refractivity (Wildman–Crippen MR) is 97.8 cm³/mol. The first-order valence-corrected chi connectivity index (χ1v) is 8.56. The number of aromatic nitrogens is 1. The Morgan fingerprint density at radius 3 is 2.71 bits per heavy atom. The van der Waals surface area contributed by atoms with Crippen LogP contribution in [0.4, 0.5) is 0 Å². The Morgan fingerprint density at radius 1 is 1.17 bits per heavy atom. The maximum absolute atomic E-state index is 11.9. The highest BCUT2D eigenvalue weighted by molar-refractivity contribution is 7.19. The Morgan fingerprint density at radius 2 is 1.92 bits per heavy atom. The van der Waals surface area contributed by atoms with E-state index < -0.39 is 6.10 Å². The Balaban J connectivity index is 1.50. The van der Waals surface area contributed by atoms with Crippen molar-refractivity contribution < 1.29 is 9.90 Å². The van der Waals surface area contributed by atoms with Gasteiger partial charge in [0.05, 0.1) is 16.3 Å². The second-order valence-corrected chi connectivity index (χ2v) is 6.50. The second-order valence-electron chi connectivity index (χ2n) is 5.44. The van der Waals surface area contributed by atoms with E-state index in [-0.39, 0.29) is 12.5 Å². The summed E-state index contributed by atoms with van der Waals surface area (Å²) >= 11 is 1.54. The van der Waals surface area contributed by atoms with E-state index in [4.69, 9.17) is 0 Å². The lowest BCUT2D eigenvalue weighted by Crippen LogP contribution is -2.32. The second kappa shape index (κ2) is 7.86. The van der Waals surface area contributed by atoms with Gasteiger partial charge in [-0.25, -0.2) is 4.98 Å². The van der Waals surface area contributed by atoms with E-state index in [0.29, 0.717) is 6.42 Å². The Hall–Kier alpha value is -2.50. The molecule has 1 aromatic heterocycles. The number of hydrogen-bond acceptors (Lipinski definition) is 4. The molecule has 0 saturated heterocycles. The first-order chi connectivity index (χ1) is 11.7. The summed E-state index contributed by atoms with van der Waals surface area (Å²) in [6, 6.07) is 17.6. The molecular formula is C19H18N2O2S. The highest BCUT2D eigenvalue weighted by Crippen LogP contribution is 2.22. The Kier molecular flexibility index (Phi) is 5.36. The SMILES string of the molecule is O=C(/C=C/c1nc2ccccc2s1)NCC(O)Cc1ccccc1. The minimum atomic E-state index is -0.604. The number of para-hydroxylation sites is 1.